The van der Waals surface area contributed by atoms with E-state index < -0.39 is 29.0 Å². The molecular weight excluding hydrogens is 311 g/mol. The highest BCUT2D eigenvalue weighted by atomic mass is 35.5. The van der Waals surface area contributed by atoms with E-state index in [-0.39, 0.29) is 10.7 Å². The van der Waals surface area contributed by atoms with Gasteiger partial charge in [0.15, 0.2) is 0 Å². The number of ether oxygens (including phenoxy) is 1. The van der Waals surface area contributed by atoms with E-state index in [2.05, 4.69) is 10.1 Å². The predicted octanol–water partition coefficient (Wildman–Crippen LogP) is 3.25. The molecule has 2 rings (SSSR count). The molecule has 21 heavy (non-hydrogen) atoms. The maximum absolute atomic E-state index is 12.5. The van der Waals surface area contributed by atoms with Crippen LogP contribution in [0, 0.1) is 5.41 Å². The van der Waals surface area contributed by atoms with Crippen molar-refractivity contribution >= 4 is 29.2 Å². The third kappa shape index (κ3) is 2.97. The van der Waals surface area contributed by atoms with Gasteiger partial charge in [-0.05, 0) is 31.0 Å². The average molecular weight is 322 g/mol. The molecule has 0 radical (unpaired) electrons. The van der Waals surface area contributed by atoms with Crippen molar-refractivity contribution in [2.45, 2.75) is 19.0 Å². The molecule has 0 unspecified atom stereocenters. The molecule has 8 heteroatoms. The standard InChI is InChI=1S/C13H11ClF3NO3/c1-21-11(20)12(4-5-12)10(19)18-9-3-2-7(6-8(9)14)13(15,16)17/h2-3,6H,4-5H2,1H3,(H,18,19). The van der Waals surface area contributed by atoms with Crippen LogP contribution in [0.25, 0.3) is 0 Å². The highest BCUT2D eigenvalue weighted by Gasteiger charge is 2.57. The summed E-state index contributed by atoms with van der Waals surface area (Å²) in [6.45, 7) is 0. The molecule has 0 bridgehead atoms. The Balaban J connectivity index is 2.18. The van der Waals surface area contributed by atoms with Crippen LogP contribution in [0.3, 0.4) is 0 Å². The lowest BCUT2D eigenvalue weighted by molar-refractivity contribution is -0.150. The van der Waals surface area contributed by atoms with Crippen LogP contribution in [0.5, 0.6) is 0 Å². The maximum atomic E-state index is 12.5. The number of nitrogens with one attached hydrogen (secondary N) is 1. The number of carbonyl (C=O) groups is 2. The van der Waals surface area contributed by atoms with Crippen LogP contribution >= 0.6 is 11.6 Å². The van der Waals surface area contributed by atoms with Crippen LogP contribution in [0.15, 0.2) is 18.2 Å². The van der Waals surface area contributed by atoms with E-state index in [1.807, 2.05) is 0 Å². The Kier molecular flexibility index (Phi) is 3.88. The minimum Gasteiger partial charge on any atom is -0.468 e. The van der Waals surface area contributed by atoms with Gasteiger partial charge in [-0.25, -0.2) is 0 Å². The number of hydrogen-bond donors (Lipinski definition) is 1. The number of amides is 1. The Morgan fingerprint density at radius 3 is 2.38 bits per heavy atom. The number of esters is 1. The number of anilines is 1. The molecule has 1 aliphatic carbocycles. The topological polar surface area (TPSA) is 55.4 Å². The van der Waals surface area contributed by atoms with Gasteiger partial charge in [-0.1, -0.05) is 11.6 Å². The third-order valence-electron chi connectivity index (χ3n) is 3.31. The van der Waals surface area contributed by atoms with Crippen LogP contribution < -0.4 is 5.32 Å². The van der Waals surface area contributed by atoms with Crippen molar-refractivity contribution in [1.29, 1.82) is 0 Å². The first kappa shape index (κ1) is 15.6. The molecule has 0 aromatic heterocycles. The molecule has 0 aliphatic heterocycles. The van der Waals surface area contributed by atoms with E-state index in [0.717, 1.165) is 18.2 Å². The monoisotopic (exact) mass is 321 g/mol. The Hall–Kier alpha value is -1.76. The molecular formula is C13H11ClF3NO3. The van der Waals surface area contributed by atoms with E-state index in [0.29, 0.717) is 12.8 Å². The summed E-state index contributed by atoms with van der Waals surface area (Å²) >= 11 is 5.73. The first-order valence-electron chi connectivity index (χ1n) is 5.97. The number of carbonyl (C=O) groups excluding carboxylic acids is 2. The van der Waals surface area contributed by atoms with Crippen molar-refractivity contribution in [2.75, 3.05) is 12.4 Å². The van der Waals surface area contributed by atoms with E-state index in [1.54, 1.807) is 0 Å². The van der Waals surface area contributed by atoms with Gasteiger partial charge in [0.1, 0.15) is 5.41 Å². The Morgan fingerprint density at radius 2 is 1.95 bits per heavy atom. The van der Waals surface area contributed by atoms with Crippen LogP contribution in [-0.2, 0) is 20.5 Å². The minimum absolute atomic E-state index is 0.0184. The van der Waals surface area contributed by atoms with Gasteiger partial charge in [0, 0.05) is 0 Å². The van der Waals surface area contributed by atoms with Crippen LogP contribution in [0.2, 0.25) is 5.02 Å². The second kappa shape index (κ2) is 5.22. The van der Waals surface area contributed by atoms with Gasteiger partial charge < -0.3 is 10.1 Å². The number of hydrogen-bond acceptors (Lipinski definition) is 3. The lowest BCUT2D eigenvalue weighted by atomic mass is 10.1. The van der Waals surface area contributed by atoms with Crippen LogP contribution in [-0.4, -0.2) is 19.0 Å². The van der Waals surface area contributed by atoms with Gasteiger partial charge in [-0.15, -0.1) is 0 Å². The smallest absolute Gasteiger partial charge is 0.416 e. The highest BCUT2D eigenvalue weighted by molar-refractivity contribution is 6.34. The number of benzene rings is 1. The van der Waals surface area contributed by atoms with E-state index in [1.165, 1.54) is 7.11 Å². The molecule has 0 heterocycles. The van der Waals surface area contributed by atoms with E-state index in [4.69, 9.17) is 11.6 Å². The zero-order valence-electron chi connectivity index (χ0n) is 10.9. The summed E-state index contributed by atoms with van der Waals surface area (Å²) in [5, 5.41) is 2.12. The normalized spacial score (nSPS) is 16.2. The van der Waals surface area contributed by atoms with Crippen molar-refractivity contribution in [3.8, 4) is 0 Å². The molecule has 114 valence electrons. The van der Waals surface area contributed by atoms with Gasteiger partial charge in [0.05, 0.1) is 23.4 Å². The molecule has 0 atom stereocenters. The van der Waals surface area contributed by atoms with Crippen molar-refractivity contribution in [1.82, 2.24) is 0 Å². The summed E-state index contributed by atoms with van der Waals surface area (Å²) in [6.07, 6.45) is -3.84. The van der Waals surface area contributed by atoms with E-state index >= 15 is 0 Å². The van der Waals surface area contributed by atoms with Crippen molar-refractivity contribution in [3.05, 3.63) is 28.8 Å². The summed E-state index contributed by atoms with van der Waals surface area (Å²) in [7, 11) is 1.17. The Labute approximate surface area is 123 Å². The van der Waals surface area contributed by atoms with E-state index in [9.17, 15) is 22.8 Å². The lowest BCUT2D eigenvalue weighted by Crippen LogP contribution is -2.32. The number of alkyl halides is 3. The average Bonchev–Trinajstić information content (AvgIpc) is 3.20. The Bertz CT molecular complexity index is 597. The fourth-order valence-electron chi connectivity index (χ4n) is 1.88. The molecule has 1 N–H and O–H groups in total. The van der Waals surface area contributed by atoms with Crippen LogP contribution in [0.1, 0.15) is 18.4 Å². The quantitative estimate of drug-likeness (QED) is 0.687. The number of methoxy groups -OCH3 is 1. The number of rotatable bonds is 3. The third-order valence-corrected chi connectivity index (χ3v) is 3.62. The summed E-state index contributed by atoms with van der Waals surface area (Å²) < 4.78 is 42.1. The fraction of sp³-hybridized carbons (Fsp3) is 0.385. The van der Waals surface area contributed by atoms with Gasteiger partial charge in [0.2, 0.25) is 5.91 Å². The summed E-state index contributed by atoms with van der Waals surface area (Å²) in [6, 6.07) is 2.57. The molecule has 1 saturated carbocycles. The van der Waals surface area contributed by atoms with Crippen molar-refractivity contribution in [2.24, 2.45) is 5.41 Å². The maximum Gasteiger partial charge on any atom is 0.416 e. The fourth-order valence-corrected chi connectivity index (χ4v) is 2.11. The van der Waals surface area contributed by atoms with Crippen molar-refractivity contribution in [3.63, 3.8) is 0 Å². The van der Waals surface area contributed by atoms with Gasteiger partial charge in [-0.3, -0.25) is 9.59 Å². The van der Waals surface area contributed by atoms with Gasteiger partial charge in [0.25, 0.3) is 0 Å². The highest BCUT2D eigenvalue weighted by Crippen LogP contribution is 2.48. The number of halogens is 4. The molecule has 1 fully saturated rings. The van der Waals surface area contributed by atoms with Gasteiger partial charge >= 0.3 is 12.1 Å². The zero-order chi connectivity index (χ0) is 15.8. The molecule has 0 saturated heterocycles. The largest absolute Gasteiger partial charge is 0.468 e. The van der Waals surface area contributed by atoms with Crippen molar-refractivity contribution < 1.29 is 27.5 Å². The molecule has 1 aliphatic rings. The Morgan fingerprint density at radius 1 is 1.33 bits per heavy atom. The molecule has 1 aromatic carbocycles. The first-order chi connectivity index (χ1) is 9.70. The lowest BCUT2D eigenvalue weighted by Gasteiger charge is -2.15. The van der Waals surface area contributed by atoms with Crippen LogP contribution in [0.4, 0.5) is 18.9 Å². The second-order valence-electron chi connectivity index (χ2n) is 4.72. The molecule has 1 aromatic rings. The van der Waals surface area contributed by atoms with Gasteiger partial charge in [-0.2, -0.15) is 13.2 Å². The molecule has 4 nitrogen and oxygen atoms in total. The second-order valence-corrected chi connectivity index (χ2v) is 5.13. The summed E-state index contributed by atoms with van der Waals surface area (Å²) in [5.41, 5.74) is -2.15. The predicted molar refractivity (Wildman–Crippen MR) is 68.8 cm³/mol. The SMILES string of the molecule is COC(=O)C1(C(=O)Nc2ccc(C(F)(F)F)cc2Cl)CC1. The summed E-state index contributed by atoms with van der Waals surface area (Å²) in [5.74, 6) is -1.29. The molecule has 1 amide bonds. The zero-order valence-corrected chi connectivity index (χ0v) is 11.6. The first-order valence-corrected chi connectivity index (χ1v) is 6.35. The minimum atomic E-state index is -4.52. The summed E-state index contributed by atoms with van der Waals surface area (Å²) in [4.78, 5) is 23.6. The molecule has 0 spiro atoms.